The maximum atomic E-state index is 15.1. The number of amides is 7. The molecule has 9 rings (SSSR count). The van der Waals surface area contributed by atoms with E-state index in [-0.39, 0.29) is 104 Å². The predicted molar refractivity (Wildman–Crippen MR) is 296 cm³/mol. The highest BCUT2D eigenvalue weighted by Crippen LogP contribution is 2.40. The molecule has 3 fully saturated rings. The molecule has 0 spiro atoms. The molecule has 0 aliphatic carbocycles. The van der Waals surface area contributed by atoms with Gasteiger partial charge in [-0.25, -0.2) is 4.79 Å². The first-order chi connectivity index (χ1) is 38.8. The number of carbonyl (C=O) groups excluding carboxylic acids is 9. The van der Waals surface area contributed by atoms with Crippen molar-refractivity contribution >= 4 is 82.2 Å². The Hall–Kier alpha value is -8.33. The van der Waals surface area contributed by atoms with Gasteiger partial charge in [-0.1, -0.05) is 79.2 Å². The molecule has 424 valence electrons. The third-order valence-electron chi connectivity index (χ3n) is 15.8. The highest BCUT2D eigenvalue weighted by Gasteiger charge is 2.46. The van der Waals surface area contributed by atoms with Gasteiger partial charge in [0, 0.05) is 74.2 Å². The van der Waals surface area contributed by atoms with Crippen LogP contribution < -0.4 is 27.4 Å². The SMILES string of the molecule is Cn1c(=O)n(C2CCC(=O)NC2=O)c2cccc(CCCCCC(=O)N3CC[C@H]4CC[C@@H](C(=O)N[C@@H](CCC(N)=O)C(=O)CC(c5ccccc5)c5ccccc5)N4C(=O)[C@@H](NC(=O)c4cc5cc(C(=O)P(=O)(O)O)ccc5[nH]4)C3)c21. The summed E-state index contributed by atoms with van der Waals surface area (Å²) in [4.78, 5) is 160. The molecule has 5 heterocycles. The van der Waals surface area contributed by atoms with E-state index >= 15 is 4.79 Å². The summed E-state index contributed by atoms with van der Waals surface area (Å²) in [5, 5.41) is 8.24. The molecule has 6 aromatic rings. The number of unbranched alkanes of at least 4 members (excludes halogenated alkanes) is 2. The number of rotatable bonds is 21. The van der Waals surface area contributed by atoms with Crippen LogP contribution in [0.1, 0.15) is 127 Å². The predicted octanol–water partition coefficient (Wildman–Crippen LogP) is 4.15. The standard InChI is InChI=1S/C58H64N9O13P/c1-64-52-36(17-11-18-45(52)67(58(64)77)47-25-27-50(70)63-55(47)74)16-9-4-10-19-51(71)65-29-28-39-21-24-46(54(73)61-42(23-26-49(59)69)48(68)32-40(34-12-5-2-6-13-34)35-14-7-3-8-15-35)66(39)56(75)44(33-65)62-53(72)43-31-38-30-37(20-22-41(38)60-43)57(76)81(78,79)80/h2-3,5-8,11-15,17-18,20,22,30-31,39-40,42,44,46-47,60H,4,9-10,16,19,21,23-29,32-33H2,1H3,(H2,59,69)(H,61,73)(H,62,72)(H,63,70,74)(H2,78,79,80)/t39-,42+,44+,46+,47?/m1/s1. The fourth-order valence-corrected chi connectivity index (χ4v) is 12.1. The molecule has 0 saturated carbocycles. The Morgan fingerprint density at radius 1 is 0.815 bits per heavy atom. The van der Waals surface area contributed by atoms with Crippen LogP contribution in [0.3, 0.4) is 0 Å². The number of Topliss-reactive ketones (excluding diaryl/α,β-unsaturated/α-hetero) is 1. The van der Waals surface area contributed by atoms with Crippen LogP contribution in [0.4, 0.5) is 0 Å². The van der Waals surface area contributed by atoms with Gasteiger partial charge in [0.2, 0.25) is 35.4 Å². The zero-order valence-electron chi connectivity index (χ0n) is 44.6. The second kappa shape index (κ2) is 24.6. The number of imide groups is 1. The number of primary amides is 1. The number of aromatic amines is 1. The third-order valence-corrected chi connectivity index (χ3v) is 16.6. The highest BCUT2D eigenvalue weighted by atomic mass is 31.2. The van der Waals surface area contributed by atoms with Crippen molar-refractivity contribution in [3.05, 3.63) is 142 Å². The minimum atomic E-state index is -5.13. The van der Waals surface area contributed by atoms with E-state index in [1.165, 1.54) is 43.2 Å². The topological polar surface area (TPSA) is 322 Å². The summed E-state index contributed by atoms with van der Waals surface area (Å²) in [6.07, 6.45) is 3.17. The molecule has 1 unspecified atom stereocenters. The van der Waals surface area contributed by atoms with E-state index in [2.05, 4.69) is 20.9 Å². The third kappa shape index (κ3) is 12.8. The van der Waals surface area contributed by atoms with Crippen molar-refractivity contribution in [2.75, 3.05) is 13.1 Å². The zero-order chi connectivity index (χ0) is 57.7. The maximum Gasteiger partial charge on any atom is 0.396 e. The molecule has 0 radical (unpaired) electrons. The molecule has 3 aliphatic rings. The molecule has 23 heteroatoms. The molecular weight excluding hydrogens is 1060 g/mol. The normalized spacial score (nSPS) is 19.0. The fourth-order valence-electron chi connectivity index (χ4n) is 11.6. The summed E-state index contributed by atoms with van der Waals surface area (Å²) in [5.41, 5.74) is 7.62. The lowest BCUT2D eigenvalue weighted by Crippen LogP contribution is -2.61. The van der Waals surface area contributed by atoms with Crippen molar-refractivity contribution in [3.63, 3.8) is 0 Å². The number of ketones is 1. The van der Waals surface area contributed by atoms with Crippen LogP contribution in [-0.4, -0.2) is 124 Å². The Labute approximate surface area is 464 Å². The van der Waals surface area contributed by atoms with Gasteiger partial charge < -0.3 is 40.9 Å². The number of carbonyl (C=O) groups is 9. The van der Waals surface area contributed by atoms with Gasteiger partial charge in [0.05, 0.1) is 17.1 Å². The van der Waals surface area contributed by atoms with Crippen LogP contribution in [0.5, 0.6) is 0 Å². The largest absolute Gasteiger partial charge is 0.396 e. The summed E-state index contributed by atoms with van der Waals surface area (Å²) in [6.45, 7) is -0.112. The number of nitrogens with one attached hydrogen (secondary N) is 4. The second-order valence-corrected chi connectivity index (χ2v) is 22.6. The number of nitrogens with zero attached hydrogens (tertiary/aromatic N) is 4. The number of imidazole rings is 1. The Bertz CT molecular complexity index is 3510. The Morgan fingerprint density at radius 3 is 2.21 bits per heavy atom. The highest BCUT2D eigenvalue weighted by molar-refractivity contribution is 7.70. The van der Waals surface area contributed by atoms with Crippen LogP contribution in [0, 0.1) is 0 Å². The van der Waals surface area contributed by atoms with Gasteiger partial charge in [-0.3, -0.25) is 62.2 Å². The number of para-hydroxylation sites is 1. The van der Waals surface area contributed by atoms with Gasteiger partial charge in [0.15, 0.2) is 5.78 Å². The molecular formula is C58H64N9O13P. The lowest BCUT2D eigenvalue weighted by Gasteiger charge is -2.39. The minimum Gasteiger partial charge on any atom is -0.370 e. The lowest BCUT2D eigenvalue weighted by atomic mass is 9.85. The van der Waals surface area contributed by atoms with Crippen molar-refractivity contribution in [3.8, 4) is 0 Å². The number of hydrogen-bond donors (Lipinski definition) is 7. The molecule has 0 bridgehead atoms. The molecule has 81 heavy (non-hydrogen) atoms. The number of fused-ring (bicyclic) bond motifs is 3. The summed E-state index contributed by atoms with van der Waals surface area (Å²) < 4.78 is 14.7. The van der Waals surface area contributed by atoms with Gasteiger partial charge in [-0.15, -0.1) is 0 Å². The van der Waals surface area contributed by atoms with Gasteiger partial charge in [-0.2, -0.15) is 0 Å². The van der Waals surface area contributed by atoms with E-state index in [4.69, 9.17) is 5.73 Å². The number of aromatic nitrogens is 3. The molecule has 4 aromatic carbocycles. The minimum absolute atomic E-state index is 0.0255. The van der Waals surface area contributed by atoms with Gasteiger partial charge in [0.1, 0.15) is 23.8 Å². The number of H-pyrrole nitrogens is 1. The van der Waals surface area contributed by atoms with Crippen LogP contribution >= 0.6 is 7.60 Å². The van der Waals surface area contributed by atoms with Gasteiger partial charge in [-0.05, 0) is 98.4 Å². The van der Waals surface area contributed by atoms with Crippen LogP contribution in [0.25, 0.3) is 21.9 Å². The van der Waals surface area contributed by atoms with Crippen molar-refractivity contribution in [1.29, 1.82) is 0 Å². The Balaban J connectivity index is 0.916. The van der Waals surface area contributed by atoms with Crippen molar-refractivity contribution in [1.82, 2.24) is 39.9 Å². The maximum absolute atomic E-state index is 15.1. The van der Waals surface area contributed by atoms with Crippen LogP contribution in [-0.2, 0) is 51.6 Å². The number of aryl methyl sites for hydroxylation is 2. The van der Waals surface area contributed by atoms with Gasteiger partial charge in [0.25, 0.3) is 11.4 Å². The molecule has 2 aromatic heterocycles. The molecule has 3 aliphatic heterocycles. The molecule has 7 amide bonds. The monoisotopic (exact) mass is 1130 g/mol. The van der Waals surface area contributed by atoms with E-state index in [1.54, 1.807) is 13.1 Å². The van der Waals surface area contributed by atoms with Crippen molar-refractivity contribution < 1.29 is 57.5 Å². The first-order valence-electron chi connectivity index (χ1n) is 27.1. The molecule has 5 atom stereocenters. The van der Waals surface area contributed by atoms with Crippen molar-refractivity contribution in [2.24, 2.45) is 12.8 Å². The summed E-state index contributed by atoms with van der Waals surface area (Å²) in [7, 11) is -3.49. The summed E-state index contributed by atoms with van der Waals surface area (Å²) in [6, 6.07) is 24.4. The van der Waals surface area contributed by atoms with Crippen LogP contribution in [0.2, 0.25) is 0 Å². The summed E-state index contributed by atoms with van der Waals surface area (Å²) in [5.74, 6) is -4.68. The summed E-state index contributed by atoms with van der Waals surface area (Å²) >= 11 is 0. The molecule has 8 N–H and O–H groups in total. The lowest BCUT2D eigenvalue weighted by molar-refractivity contribution is -0.145. The second-order valence-electron chi connectivity index (χ2n) is 21.1. The first kappa shape index (κ1) is 57.4. The van der Waals surface area contributed by atoms with E-state index < -0.39 is 72.9 Å². The van der Waals surface area contributed by atoms with E-state index in [9.17, 15) is 57.5 Å². The van der Waals surface area contributed by atoms with E-state index in [0.717, 1.165) is 16.7 Å². The average Bonchev–Trinajstić information content (AvgIpc) is 3.96. The Morgan fingerprint density at radius 2 is 1.53 bits per heavy atom. The zero-order valence-corrected chi connectivity index (χ0v) is 45.5. The smallest absolute Gasteiger partial charge is 0.370 e. The first-order valence-corrected chi connectivity index (χ1v) is 28.8. The number of benzene rings is 4. The average molecular weight is 1130 g/mol. The van der Waals surface area contributed by atoms with E-state index in [0.29, 0.717) is 55.1 Å². The van der Waals surface area contributed by atoms with Crippen LogP contribution in [0.15, 0.2) is 108 Å². The number of nitrogens with two attached hydrogens (primary N) is 1. The van der Waals surface area contributed by atoms with Crippen molar-refractivity contribution in [2.45, 2.75) is 120 Å². The number of hydrogen-bond acceptors (Lipinski definition) is 11. The molecule has 3 saturated heterocycles. The Kier molecular flexibility index (Phi) is 17.4. The van der Waals surface area contributed by atoms with E-state index in [1.807, 2.05) is 72.8 Å². The number of piperidine rings is 1. The quantitative estimate of drug-likeness (QED) is 0.0303. The van der Waals surface area contributed by atoms with Gasteiger partial charge >= 0.3 is 13.3 Å². The molecule has 22 nitrogen and oxygen atoms in total. The fraction of sp³-hybridized carbons (Fsp3) is 0.379.